The van der Waals surface area contributed by atoms with Crippen LogP contribution in [0.5, 0.6) is 0 Å². The van der Waals surface area contributed by atoms with E-state index in [-0.39, 0.29) is 17.6 Å². The molecule has 1 aromatic carbocycles. The SMILES string of the molecule is COC(=O)c1cc(NC2CCN(C(C)=O)CC2)nc(-c2cccc3ncoc23)n1. The van der Waals surface area contributed by atoms with E-state index in [4.69, 9.17) is 9.15 Å². The third-order valence-electron chi connectivity index (χ3n) is 5.01. The Morgan fingerprint density at radius 3 is 2.76 bits per heavy atom. The molecule has 0 radical (unpaired) electrons. The maximum Gasteiger partial charge on any atom is 0.356 e. The van der Waals surface area contributed by atoms with Crippen LogP contribution in [-0.2, 0) is 9.53 Å². The number of anilines is 1. The van der Waals surface area contributed by atoms with Gasteiger partial charge in [-0.3, -0.25) is 4.79 Å². The lowest BCUT2D eigenvalue weighted by Crippen LogP contribution is -2.41. The number of fused-ring (bicyclic) bond motifs is 1. The summed E-state index contributed by atoms with van der Waals surface area (Å²) in [5.74, 6) is 0.404. The van der Waals surface area contributed by atoms with E-state index in [9.17, 15) is 9.59 Å². The summed E-state index contributed by atoms with van der Waals surface area (Å²) in [4.78, 5) is 38.6. The fraction of sp³-hybridized carbons (Fsp3) is 0.350. The molecule has 0 aliphatic carbocycles. The van der Waals surface area contributed by atoms with Gasteiger partial charge in [-0.2, -0.15) is 0 Å². The molecule has 29 heavy (non-hydrogen) atoms. The Labute approximate surface area is 167 Å². The van der Waals surface area contributed by atoms with Gasteiger partial charge >= 0.3 is 5.97 Å². The van der Waals surface area contributed by atoms with E-state index in [0.29, 0.717) is 41.4 Å². The molecule has 1 fully saturated rings. The number of rotatable bonds is 4. The van der Waals surface area contributed by atoms with Crippen LogP contribution in [0, 0.1) is 0 Å². The van der Waals surface area contributed by atoms with Gasteiger partial charge in [0.2, 0.25) is 5.91 Å². The zero-order chi connectivity index (χ0) is 20.4. The van der Waals surface area contributed by atoms with Crippen molar-refractivity contribution in [1.29, 1.82) is 0 Å². The van der Waals surface area contributed by atoms with Crippen molar-refractivity contribution in [2.24, 2.45) is 0 Å². The number of carbonyl (C=O) groups is 2. The summed E-state index contributed by atoms with van der Waals surface area (Å²) in [5.41, 5.74) is 2.02. The van der Waals surface area contributed by atoms with Crippen molar-refractivity contribution in [2.45, 2.75) is 25.8 Å². The molecule has 150 valence electrons. The lowest BCUT2D eigenvalue weighted by molar-refractivity contribution is -0.129. The molecule has 1 saturated heterocycles. The van der Waals surface area contributed by atoms with Crippen molar-refractivity contribution in [1.82, 2.24) is 19.9 Å². The van der Waals surface area contributed by atoms with Crippen molar-refractivity contribution in [2.75, 3.05) is 25.5 Å². The molecule has 9 heteroatoms. The minimum Gasteiger partial charge on any atom is -0.464 e. The number of amides is 1. The molecule has 3 aromatic rings. The Morgan fingerprint density at radius 1 is 1.24 bits per heavy atom. The van der Waals surface area contributed by atoms with Gasteiger partial charge in [-0.05, 0) is 25.0 Å². The van der Waals surface area contributed by atoms with E-state index in [1.54, 1.807) is 13.0 Å². The predicted octanol–water partition coefficient (Wildman–Crippen LogP) is 2.49. The van der Waals surface area contributed by atoms with Crippen LogP contribution >= 0.6 is 0 Å². The largest absolute Gasteiger partial charge is 0.464 e. The summed E-state index contributed by atoms with van der Waals surface area (Å²) in [7, 11) is 1.31. The summed E-state index contributed by atoms with van der Waals surface area (Å²) >= 11 is 0. The van der Waals surface area contributed by atoms with Crippen LogP contribution in [0.4, 0.5) is 5.82 Å². The van der Waals surface area contributed by atoms with Crippen molar-refractivity contribution < 1.29 is 18.7 Å². The number of aromatic nitrogens is 3. The number of likely N-dealkylation sites (tertiary alicyclic amines) is 1. The van der Waals surface area contributed by atoms with Crippen LogP contribution in [-0.4, -0.2) is 58.0 Å². The number of esters is 1. The van der Waals surface area contributed by atoms with Crippen LogP contribution in [0.15, 0.2) is 35.1 Å². The Kier molecular flexibility index (Phi) is 5.11. The number of carbonyl (C=O) groups excluding carboxylic acids is 2. The highest BCUT2D eigenvalue weighted by atomic mass is 16.5. The molecule has 1 aliphatic heterocycles. The van der Waals surface area contributed by atoms with Crippen LogP contribution in [0.2, 0.25) is 0 Å². The third-order valence-corrected chi connectivity index (χ3v) is 5.01. The molecule has 0 unspecified atom stereocenters. The maximum absolute atomic E-state index is 12.2. The fourth-order valence-electron chi connectivity index (χ4n) is 3.46. The Hall–Kier alpha value is -3.49. The molecular formula is C20H21N5O4. The van der Waals surface area contributed by atoms with Crippen molar-refractivity contribution in [3.63, 3.8) is 0 Å². The first-order valence-corrected chi connectivity index (χ1v) is 9.37. The normalized spacial score (nSPS) is 14.8. The van der Waals surface area contributed by atoms with Crippen LogP contribution in [0.25, 0.3) is 22.5 Å². The zero-order valence-corrected chi connectivity index (χ0v) is 16.2. The highest BCUT2D eigenvalue weighted by Gasteiger charge is 2.22. The van der Waals surface area contributed by atoms with Crippen molar-refractivity contribution in [3.05, 3.63) is 36.4 Å². The molecule has 0 saturated carbocycles. The van der Waals surface area contributed by atoms with Gasteiger partial charge in [0.1, 0.15) is 11.3 Å². The second-order valence-corrected chi connectivity index (χ2v) is 6.88. The van der Waals surface area contributed by atoms with Crippen LogP contribution in [0.3, 0.4) is 0 Å². The standard InChI is InChI=1S/C20H21N5O4/c1-12(26)25-8-6-13(7-9-25)22-17-10-16(20(27)28-2)23-19(24-17)14-4-3-5-15-18(14)29-11-21-15/h3-5,10-11,13H,6-9H2,1-2H3,(H,22,23,24). The van der Waals surface area contributed by atoms with E-state index in [1.807, 2.05) is 23.1 Å². The van der Waals surface area contributed by atoms with Gasteiger partial charge in [-0.15, -0.1) is 0 Å². The highest BCUT2D eigenvalue weighted by Crippen LogP contribution is 2.27. The van der Waals surface area contributed by atoms with Gasteiger partial charge in [0.25, 0.3) is 0 Å². The Bertz CT molecular complexity index is 1060. The first kappa shape index (κ1) is 18.9. The quantitative estimate of drug-likeness (QED) is 0.671. The Morgan fingerprint density at radius 2 is 2.03 bits per heavy atom. The molecule has 1 N–H and O–H groups in total. The number of nitrogens with one attached hydrogen (secondary N) is 1. The topological polar surface area (TPSA) is 110 Å². The fourth-order valence-corrected chi connectivity index (χ4v) is 3.46. The molecule has 3 heterocycles. The van der Waals surface area contributed by atoms with E-state index in [0.717, 1.165) is 12.8 Å². The second kappa shape index (κ2) is 7.86. The monoisotopic (exact) mass is 395 g/mol. The minimum absolute atomic E-state index is 0.0842. The first-order chi connectivity index (χ1) is 14.0. The lowest BCUT2D eigenvalue weighted by atomic mass is 10.1. The number of hydrogen-bond donors (Lipinski definition) is 1. The molecule has 0 bridgehead atoms. The molecular weight excluding hydrogens is 374 g/mol. The van der Waals surface area contributed by atoms with Gasteiger partial charge in [0, 0.05) is 32.1 Å². The number of piperidine rings is 1. The van der Waals surface area contributed by atoms with Gasteiger partial charge in [-0.1, -0.05) is 6.07 Å². The van der Waals surface area contributed by atoms with E-state index >= 15 is 0 Å². The molecule has 1 amide bonds. The van der Waals surface area contributed by atoms with Gasteiger partial charge in [0.05, 0.1) is 12.7 Å². The second-order valence-electron chi connectivity index (χ2n) is 6.88. The predicted molar refractivity (Wildman–Crippen MR) is 105 cm³/mol. The molecule has 1 aliphatic rings. The molecule has 0 spiro atoms. The number of benzene rings is 1. The number of nitrogens with zero attached hydrogens (tertiary/aromatic N) is 4. The number of para-hydroxylation sites is 1. The number of methoxy groups -OCH3 is 1. The molecule has 4 rings (SSSR count). The molecule has 2 aromatic heterocycles. The van der Waals surface area contributed by atoms with Crippen molar-refractivity contribution >= 4 is 28.8 Å². The summed E-state index contributed by atoms with van der Waals surface area (Å²) in [6.45, 7) is 2.95. The molecule has 9 nitrogen and oxygen atoms in total. The zero-order valence-electron chi connectivity index (χ0n) is 16.2. The number of oxazole rings is 1. The smallest absolute Gasteiger partial charge is 0.356 e. The van der Waals surface area contributed by atoms with E-state index in [2.05, 4.69) is 20.3 Å². The molecule has 0 atom stereocenters. The van der Waals surface area contributed by atoms with Crippen LogP contribution in [0.1, 0.15) is 30.3 Å². The highest BCUT2D eigenvalue weighted by molar-refractivity contribution is 5.91. The van der Waals surface area contributed by atoms with Crippen LogP contribution < -0.4 is 5.32 Å². The Balaban J connectivity index is 1.66. The minimum atomic E-state index is -0.548. The first-order valence-electron chi connectivity index (χ1n) is 9.37. The maximum atomic E-state index is 12.2. The van der Waals surface area contributed by atoms with E-state index in [1.165, 1.54) is 13.5 Å². The third kappa shape index (κ3) is 3.89. The lowest BCUT2D eigenvalue weighted by Gasteiger charge is -2.32. The summed E-state index contributed by atoms with van der Waals surface area (Å²) in [6, 6.07) is 7.19. The van der Waals surface area contributed by atoms with Crippen molar-refractivity contribution in [3.8, 4) is 11.4 Å². The van der Waals surface area contributed by atoms with E-state index < -0.39 is 5.97 Å². The summed E-state index contributed by atoms with van der Waals surface area (Å²) in [5, 5.41) is 3.37. The number of hydrogen-bond acceptors (Lipinski definition) is 8. The van der Waals surface area contributed by atoms with Gasteiger partial charge in [0.15, 0.2) is 23.5 Å². The summed E-state index contributed by atoms with van der Waals surface area (Å²) < 4.78 is 10.3. The summed E-state index contributed by atoms with van der Waals surface area (Å²) in [6.07, 6.45) is 2.95. The average molecular weight is 395 g/mol. The van der Waals surface area contributed by atoms with Gasteiger partial charge in [-0.25, -0.2) is 19.7 Å². The average Bonchev–Trinajstić information content (AvgIpc) is 3.22. The number of ether oxygens (including phenoxy) is 1. The van der Waals surface area contributed by atoms with Gasteiger partial charge < -0.3 is 19.4 Å².